The number of hydrogen-bond acceptors (Lipinski definition) is 3. The molecule has 0 aliphatic rings. The molecular formula is C23H30N2O3. The molecule has 0 saturated carbocycles. The number of hydrogen-bond donors (Lipinski definition) is 1. The molecule has 0 fully saturated rings. The smallest absolute Gasteiger partial charge is 0.226 e. The Balaban J connectivity index is 1.75. The van der Waals surface area contributed by atoms with E-state index in [4.69, 9.17) is 4.74 Å². The second-order valence-corrected chi connectivity index (χ2v) is 7.08. The largest absolute Gasteiger partial charge is 0.491 e. The van der Waals surface area contributed by atoms with Crippen LogP contribution in [0.1, 0.15) is 39.2 Å². The van der Waals surface area contributed by atoms with Gasteiger partial charge in [-0.15, -0.1) is 0 Å². The van der Waals surface area contributed by atoms with Crippen LogP contribution < -0.4 is 10.1 Å². The van der Waals surface area contributed by atoms with Gasteiger partial charge in [-0.25, -0.2) is 0 Å². The lowest BCUT2D eigenvalue weighted by atomic mass is 10.1. The fourth-order valence-corrected chi connectivity index (χ4v) is 2.89. The fourth-order valence-electron chi connectivity index (χ4n) is 2.89. The molecule has 150 valence electrons. The first-order valence-electron chi connectivity index (χ1n) is 9.80. The second-order valence-electron chi connectivity index (χ2n) is 7.08. The summed E-state index contributed by atoms with van der Waals surface area (Å²) in [7, 11) is 0. The van der Waals surface area contributed by atoms with Gasteiger partial charge in [0.15, 0.2) is 0 Å². The molecule has 0 bridgehead atoms. The summed E-state index contributed by atoms with van der Waals surface area (Å²) < 4.78 is 5.59. The van der Waals surface area contributed by atoms with Crippen LogP contribution in [-0.2, 0) is 16.0 Å². The lowest BCUT2D eigenvalue weighted by Gasteiger charge is -2.21. The van der Waals surface area contributed by atoms with Crippen molar-refractivity contribution in [3.8, 4) is 5.75 Å². The van der Waals surface area contributed by atoms with Crippen LogP contribution in [0.15, 0.2) is 54.6 Å². The number of nitrogens with one attached hydrogen (secondary N) is 1. The van der Waals surface area contributed by atoms with Crippen molar-refractivity contribution in [1.29, 1.82) is 0 Å². The Hall–Kier alpha value is -2.82. The monoisotopic (exact) mass is 382 g/mol. The number of carbonyl (C=O) groups is 2. The lowest BCUT2D eigenvalue weighted by molar-refractivity contribution is -0.129. The number of nitrogens with zero attached hydrogens (tertiary/aromatic N) is 1. The van der Waals surface area contributed by atoms with Crippen molar-refractivity contribution in [2.45, 2.75) is 46.1 Å². The van der Waals surface area contributed by atoms with Crippen LogP contribution in [0.4, 0.5) is 5.69 Å². The minimum absolute atomic E-state index is 0.00366. The van der Waals surface area contributed by atoms with Gasteiger partial charge in [0.05, 0.1) is 6.10 Å². The molecule has 2 aromatic rings. The van der Waals surface area contributed by atoms with Gasteiger partial charge in [0.1, 0.15) is 5.75 Å². The highest BCUT2D eigenvalue weighted by Gasteiger charge is 2.11. The van der Waals surface area contributed by atoms with E-state index < -0.39 is 0 Å². The molecule has 0 heterocycles. The molecule has 0 spiro atoms. The van der Waals surface area contributed by atoms with Gasteiger partial charge >= 0.3 is 0 Å². The van der Waals surface area contributed by atoms with Crippen LogP contribution in [0.3, 0.4) is 0 Å². The molecule has 0 saturated heterocycles. The quantitative estimate of drug-likeness (QED) is 0.667. The van der Waals surface area contributed by atoms with E-state index >= 15 is 0 Å². The summed E-state index contributed by atoms with van der Waals surface area (Å²) in [5.41, 5.74) is 1.98. The number of ether oxygens (including phenoxy) is 1. The van der Waals surface area contributed by atoms with E-state index in [1.54, 1.807) is 11.8 Å². The van der Waals surface area contributed by atoms with E-state index in [-0.39, 0.29) is 24.3 Å². The van der Waals surface area contributed by atoms with Crippen molar-refractivity contribution in [3.63, 3.8) is 0 Å². The first-order chi connectivity index (χ1) is 13.4. The normalized spacial score (nSPS) is 10.6. The first-order valence-corrected chi connectivity index (χ1v) is 9.80. The molecule has 0 aliphatic carbocycles. The number of anilines is 1. The Labute approximate surface area is 167 Å². The summed E-state index contributed by atoms with van der Waals surface area (Å²) in [6.45, 7) is 6.56. The average Bonchev–Trinajstić information content (AvgIpc) is 2.66. The third kappa shape index (κ3) is 7.82. The van der Waals surface area contributed by atoms with E-state index in [9.17, 15) is 9.59 Å². The minimum Gasteiger partial charge on any atom is -0.491 e. The zero-order valence-corrected chi connectivity index (χ0v) is 17.0. The van der Waals surface area contributed by atoms with E-state index in [2.05, 4.69) is 17.4 Å². The van der Waals surface area contributed by atoms with Gasteiger partial charge in [0.25, 0.3) is 0 Å². The molecule has 0 unspecified atom stereocenters. The predicted octanol–water partition coefficient (Wildman–Crippen LogP) is 4.28. The number of aryl methyl sites for hydroxylation is 1. The Morgan fingerprint density at radius 3 is 2.29 bits per heavy atom. The van der Waals surface area contributed by atoms with Crippen LogP contribution >= 0.6 is 0 Å². The molecule has 5 nitrogen and oxygen atoms in total. The SMILES string of the molecule is CC(=O)N(CCCc1ccccc1)CCC(=O)Nc1ccc(OC(C)C)cc1. The summed E-state index contributed by atoms with van der Waals surface area (Å²) in [6, 6.07) is 17.5. The lowest BCUT2D eigenvalue weighted by Crippen LogP contribution is -2.33. The minimum atomic E-state index is -0.105. The molecule has 0 aliphatic heterocycles. The fraction of sp³-hybridized carbons (Fsp3) is 0.391. The third-order valence-electron chi connectivity index (χ3n) is 4.30. The van der Waals surface area contributed by atoms with Crippen molar-refractivity contribution in [2.75, 3.05) is 18.4 Å². The number of amides is 2. The standard InChI is InChI=1S/C23H30N2O3/c1-18(2)28-22-13-11-21(12-14-22)24-23(27)15-17-25(19(3)26)16-7-10-20-8-5-4-6-9-20/h4-6,8-9,11-14,18H,7,10,15-17H2,1-3H3,(H,24,27). The molecule has 0 radical (unpaired) electrons. The third-order valence-corrected chi connectivity index (χ3v) is 4.30. The van der Waals surface area contributed by atoms with Crippen LogP contribution in [0.25, 0.3) is 0 Å². The van der Waals surface area contributed by atoms with E-state index in [0.717, 1.165) is 24.3 Å². The highest BCUT2D eigenvalue weighted by atomic mass is 16.5. The highest BCUT2D eigenvalue weighted by Crippen LogP contribution is 2.17. The van der Waals surface area contributed by atoms with Crippen molar-refractivity contribution in [2.24, 2.45) is 0 Å². The topological polar surface area (TPSA) is 58.6 Å². The van der Waals surface area contributed by atoms with Crippen molar-refractivity contribution < 1.29 is 14.3 Å². The van der Waals surface area contributed by atoms with Crippen LogP contribution in [-0.4, -0.2) is 35.9 Å². The van der Waals surface area contributed by atoms with Gasteiger partial charge in [0.2, 0.25) is 11.8 Å². The molecule has 2 rings (SSSR count). The summed E-state index contributed by atoms with van der Waals surface area (Å²) in [5, 5.41) is 2.87. The van der Waals surface area contributed by atoms with Gasteiger partial charge in [-0.3, -0.25) is 9.59 Å². The van der Waals surface area contributed by atoms with Crippen LogP contribution in [0.5, 0.6) is 5.75 Å². The Morgan fingerprint density at radius 2 is 1.68 bits per heavy atom. The zero-order valence-electron chi connectivity index (χ0n) is 17.0. The molecule has 28 heavy (non-hydrogen) atoms. The Morgan fingerprint density at radius 1 is 1.00 bits per heavy atom. The number of rotatable bonds is 10. The summed E-state index contributed by atoms with van der Waals surface area (Å²) in [4.78, 5) is 25.8. The zero-order chi connectivity index (χ0) is 20.4. The van der Waals surface area contributed by atoms with Crippen LogP contribution in [0, 0.1) is 0 Å². The maximum atomic E-state index is 12.2. The van der Waals surface area contributed by atoms with Crippen molar-refractivity contribution >= 4 is 17.5 Å². The van der Waals surface area contributed by atoms with Gasteiger partial charge in [0, 0.05) is 32.1 Å². The van der Waals surface area contributed by atoms with Gasteiger partial charge in [-0.1, -0.05) is 30.3 Å². The summed E-state index contributed by atoms with van der Waals surface area (Å²) in [5.74, 6) is 0.664. The summed E-state index contributed by atoms with van der Waals surface area (Å²) >= 11 is 0. The second kappa shape index (κ2) is 11.1. The maximum absolute atomic E-state index is 12.2. The predicted molar refractivity (Wildman–Crippen MR) is 112 cm³/mol. The molecular weight excluding hydrogens is 352 g/mol. The Bertz CT molecular complexity index is 742. The highest BCUT2D eigenvalue weighted by molar-refractivity contribution is 5.91. The van der Waals surface area contributed by atoms with E-state index in [1.165, 1.54) is 5.56 Å². The molecule has 1 N–H and O–H groups in total. The van der Waals surface area contributed by atoms with Crippen LogP contribution in [0.2, 0.25) is 0 Å². The Kier molecular flexibility index (Phi) is 8.53. The molecule has 0 aromatic heterocycles. The van der Waals surface area contributed by atoms with E-state index in [1.807, 2.05) is 56.3 Å². The van der Waals surface area contributed by atoms with Crippen molar-refractivity contribution in [1.82, 2.24) is 4.90 Å². The van der Waals surface area contributed by atoms with Gasteiger partial charge in [-0.05, 0) is 56.5 Å². The molecule has 2 aromatic carbocycles. The summed E-state index contributed by atoms with van der Waals surface area (Å²) in [6.07, 6.45) is 2.18. The first kappa shape index (κ1) is 21.5. The van der Waals surface area contributed by atoms with Crippen molar-refractivity contribution in [3.05, 3.63) is 60.2 Å². The average molecular weight is 383 g/mol. The molecule has 2 amide bonds. The van der Waals surface area contributed by atoms with Gasteiger partial charge < -0.3 is 15.0 Å². The molecule has 5 heteroatoms. The number of carbonyl (C=O) groups excluding carboxylic acids is 2. The van der Waals surface area contributed by atoms with E-state index in [0.29, 0.717) is 13.1 Å². The van der Waals surface area contributed by atoms with Gasteiger partial charge in [-0.2, -0.15) is 0 Å². The molecule has 0 atom stereocenters. The maximum Gasteiger partial charge on any atom is 0.226 e. The number of benzene rings is 2.